The summed E-state index contributed by atoms with van der Waals surface area (Å²) in [4.78, 5) is 26.8. The van der Waals surface area contributed by atoms with Gasteiger partial charge in [-0.25, -0.2) is 4.39 Å². The van der Waals surface area contributed by atoms with Crippen molar-refractivity contribution in [3.05, 3.63) is 67.9 Å². The highest BCUT2D eigenvalue weighted by atomic mass is 35.5. The lowest BCUT2D eigenvalue weighted by Crippen LogP contribution is -2.62. The molecular weight excluding hydrogens is 448 g/mol. The average Bonchev–Trinajstić information content (AvgIpc) is 3.48. The van der Waals surface area contributed by atoms with Crippen molar-refractivity contribution in [3.8, 4) is 0 Å². The lowest BCUT2D eigenvalue weighted by molar-refractivity contribution is -0.530. The average molecular weight is 466 g/mol. The number of benzene rings is 2. The van der Waals surface area contributed by atoms with Crippen LogP contribution in [0.15, 0.2) is 36.4 Å². The first-order chi connectivity index (χ1) is 14.8. The molecule has 2 aliphatic heterocycles. The van der Waals surface area contributed by atoms with E-state index in [1.165, 1.54) is 18.2 Å². The van der Waals surface area contributed by atoms with E-state index in [1.807, 2.05) is 0 Å². The second-order valence-corrected chi connectivity index (χ2v) is 9.18. The van der Waals surface area contributed by atoms with E-state index in [4.69, 9.17) is 23.2 Å². The Morgan fingerprint density at radius 2 is 2.03 bits per heavy atom. The molecule has 1 amide bonds. The molecule has 6 atom stereocenters. The highest BCUT2D eigenvalue weighted by Crippen LogP contribution is 2.52. The van der Waals surface area contributed by atoms with Gasteiger partial charge >= 0.3 is 0 Å². The van der Waals surface area contributed by atoms with Crippen LogP contribution in [-0.2, 0) is 4.79 Å². The van der Waals surface area contributed by atoms with Gasteiger partial charge in [-0.05, 0) is 42.5 Å². The Bertz CT molecular complexity index is 1100. The fourth-order valence-electron chi connectivity index (χ4n) is 5.11. The van der Waals surface area contributed by atoms with Crippen molar-refractivity contribution in [2.75, 3.05) is 16.8 Å². The zero-order valence-electron chi connectivity index (χ0n) is 16.0. The number of rotatable bonds is 2. The molecule has 2 aromatic rings. The van der Waals surface area contributed by atoms with Gasteiger partial charge in [-0.2, -0.15) is 0 Å². The first-order valence-corrected chi connectivity index (χ1v) is 10.7. The summed E-state index contributed by atoms with van der Waals surface area (Å²) in [6, 6.07) is 6.33. The van der Waals surface area contributed by atoms with E-state index >= 15 is 0 Å². The fourth-order valence-corrected chi connectivity index (χ4v) is 5.46. The molecule has 1 saturated heterocycles. The molecule has 162 valence electrons. The normalized spacial score (nSPS) is 31.5. The number of hydrogen-bond acceptors (Lipinski definition) is 5. The van der Waals surface area contributed by atoms with Crippen LogP contribution in [0.1, 0.15) is 17.9 Å². The van der Waals surface area contributed by atoms with Crippen molar-refractivity contribution >= 4 is 40.5 Å². The van der Waals surface area contributed by atoms with Crippen molar-refractivity contribution in [1.29, 1.82) is 0 Å². The van der Waals surface area contributed by atoms with Crippen LogP contribution in [-0.4, -0.2) is 40.7 Å². The Morgan fingerprint density at radius 1 is 1.26 bits per heavy atom. The number of carbonyl (C=O) groups is 1. The second-order valence-electron chi connectivity index (χ2n) is 8.34. The monoisotopic (exact) mass is 465 g/mol. The predicted octanol–water partition coefficient (Wildman–Crippen LogP) is 3.70. The molecule has 0 bridgehead atoms. The Labute approximate surface area is 186 Å². The van der Waals surface area contributed by atoms with Crippen LogP contribution in [0.25, 0.3) is 0 Å². The number of anilines is 2. The first kappa shape index (κ1) is 20.5. The smallest absolute Gasteiger partial charge is 0.251 e. The largest absolute Gasteiger partial charge is 0.390 e. The number of aliphatic hydroxyl groups excluding tert-OH is 1. The van der Waals surface area contributed by atoms with Crippen LogP contribution in [0, 0.1) is 27.8 Å². The second kappa shape index (κ2) is 7.32. The van der Waals surface area contributed by atoms with E-state index in [2.05, 4.69) is 5.32 Å². The number of nitrogens with zero attached hydrogens (tertiary/aromatic N) is 2. The topological polar surface area (TPSA) is 95.7 Å². The molecule has 10 heteroatoms. The van der Waals surface area contributed by atoms with Crippen molar-refractivity contribution in [1.82, 2.24) is 0 Å². The van der Waals surface area contributed by atoms with Crippen molar-refractivity contribution < 1.29 is 19.2 Å². The van der Waals surface area contributed by atoms with Gasteiger partial charge in [0.05, 0.1) is 22.5 Å². The minimum Gasteiger partial charge on any atom is -0.390 e. The highest BCUT2D eigenvalue weighted by Gasteiger charge is 2.60. The number of aliphatic hydroxyl groups is 1. The number of nitrogens with one attached hydrogen (secondary N) is 1. The van der Waals surface area contributed by atoms with E-state index in [9.17, 15) is 24.4 Å². The predicted molar refractivity (Wildman–Crippen MR) is 114 cm³/mol. The Morgan fingerprint density at radius 3 is 2.77 bits per heavy atom. The van der Waals surface area contributed by atoms with E-state index in [-0.39, 0.29) is 22.4 Å². The zero-order chi connectivity index (χ0) is 22.0. The molecule has 2 unspecified atom stereocenters. The van der Waals surface area contributed by atoms with Gasteiger partial charge in [0.25, 0.3) is 6.04 Å². The maximum absolute atomic E-state index is 15.0. The number of hydrogen-bond donors (Lipinski definition) is 2. The van der Waals surface area contributed by atoms with E-state index in [1.54, 1.807) is 23.1 Å². The summed E-state index contributed by atoms with van der Waals surface area (Å²) in [5, 5.41) is 26.3. The first-order valence-electron chi connectivity index (χ1n) is 9.90. The molecule has 2 fully saturated rings. The lowest BCUT2D eigenvalue weighted by Gasteiger charge is -2.44. The summed E-state index contributed by atoms with van der Waals surface area (Å²) in [5.41, 5.74) is 0.731. The van der Waals surface area contributed by atoms with Crippen LogP contribution >= 0.6 is 23.2 Å². The van der Waals surface area contributed by atoms with Crippen LogP contribution < -0.4 is 10.2 Å². The molecule has 1 saturated carbocycles. The van der Waals surface area contributed by atoms with E-state index in [0.717, 1.165) is 6.42 Å². The van der Waals surface area contributed by atoms with Gasteiger partial charge in [-0.3, -0.25) is 14.9 Å². The highest BCUT2D eigenvalue weighted by molar-refractivity contribution is 6.31. The SMILES string of the molecule is O=C1Nc2cc(Cl)ccc2N2CC3CC3[C@@H](O)[C@@H]2[C@H]([N+](=O)[O-])[C@H]1c1cccc(Cl)c1F. The molecule has 2 heterocycles. The summed E-state index contributed by atoms with van der Waals surface area (Å²) in [7, 11) is 0. The number of fused-ring (bicyclic) bond motifs is 4. The third-order valence-corrected chi connectivity index (χ3v) is 7.14. The molecule has 5 rings (SSSR count). The van der Waals surface area contributed by atoms with Crippen molar-refractivity contribution in [3.63, 3.8) is 0 Å². The van der Waals surface area contributed by atoms with Gasteiger partial charge < -0.3 is 15.3 Å². The third kappa shape index (κ3) is 3.24. The summed E-state index contributed by atoms with van der Waals surface area (Å²) in [6.07, 6.45) is -0.285. The summed E-state index contributed by atoms with van der Waals surface area (Å²) >= 11 is 12.1. The molecule has 7 nitrogen and oxygen atoms in total. The van der Waals surface area contributed by atoms with Crippen LogP contribution in [0.4, 0.5) is 15.8 Å². The Kier molecular flexibility index (Phi) is 4.84. The van der Waals surface area contributed by atoms with Gasteiger partial charge in [-0.1, -0.05) is 35.3 Å². The summed E-state index contributed by atoms with van der Waals surface area (Å²) < 4.78 is 15.0. The van der Waals surface area contributed by atoms with Gasteiger partial charge in [0.1, 0.15) is 17.8 Å². The minimum atomic E-state index is -1.59. The molecule has 2 N–H and O–H groups in total. The van der Waals surface area contributed by atoms with Gasteiger partial charge in [-0.15, -0.1) is 0 Å². The van der Waals surface area contributed by atoms with E-state index < -0.39 is 40.8 Å². The molecule has 2 aromatic carbocycles. The minimum absolute atomic E-state index is 0.0770. The molecule has 3 aliphatic rings. The summed E-state index contributed by atoms with van der Waals surface area (Å²) in [5.74, 6) is -3.01. The van der Waals surface area contributed by atoms with Gasteiger partial charge in [0.15, 0.2) is 0 Å². The maximum atomic E-state index is 15.0. The molecule has 31 heavy (non-hydrogen) atoms. The van der Waals surface area contributed by atoms with Crippen molar-refractivity contribution in [2.45, 2.75) is 30.5 Å². The van der Waals surface area contributed by atoms with Crippen LogP contribution in [0.5, 0.6) is 0 Å². The number of amides is 1. The van der Waals surface area contributed by atoms with Gasteiger partial charge in [0, 0.05) is 22.1 Å². The molecule has 0 spiro atoms. The number of nitro groups is 1. The van der Waals surface area contributed by atoms with Crippen LogP contribution in [0.2, 0.25) is 10.0 Å². The molecule has 0 aromatic heterocycles. The van der Waals surface area contributed by atoms with Crippen molar-refractivity contribution in [2.24, 2.45) is 11.8 Å². The standard InChI is InChI=1S/C21H18Cl2FN3O4/c22-10-4-5-15-14(7-10)25-21(29)16(11-2-1-3-13(23)17(11)24)18(27(30)31)19-20(28)12-6-9(12)8-26(15)19/h1-5,7,9,12,16,18-20,28H,6,8H2,(H,25,29)/t9?,12?,16-,18-,19+,20-/m1/s1. The van der Waals surface area contributed by atoms with Gasteiger partial charge in [0.2, 0.25) is 5.91 Å². The quantitative estimate of drug-likeness (QED) is 0.520. The summed E-state index contributed by atoms with van der Waals surface area (Å²) in [6.45, 7) is 0.492. The van der Waals surface area contributed by atoms with Crippen LogP contribution in [0.3, 0.4) is 0 Å². The fraction of sp³-hybridized carbons (Fsp3) is 0.381. The number of carbonyl (C=O) groups excluding carboxylic acids is 1. The molecule has 0 radical (unpaired) electrons. The number of piperidine rings is 1. The maximum Gasteiger partial charge on any atom is 0.251 e. The number of halogens is 3. The third-order valence-electron chi connectivity index (χ3n) is 6.62. The molecular formula is C21H18Cl2FN3O4. The Balaban J connectivity index is 1.74. The zero-order valence-corrected chi connectivity index (χ0v) is 17.6. The molecule has 1 aliphatic carbocycles. The Hall–Kier alpha value is -2.42. The van der Waals surface area contributed by atoms with E-state index in [0.29, 0.717) is 22.9 Å². The lowest BCUT2D eigenvalue weighted by atomic mass is 9.80.